The standard InChI is InChI=1S/C11H11F6N/c1-6(5-18)7-2-8(10(12,13)14)4-9(3-7)11(15,16)17/h2-4,6H,5,18H2,1H3/t6-/m0/s1. The third kappa shape index (κ3) is 3.38. The van der Waals surface area contributed by atoms with Crippen molar-refractivity contribution in [2.75, 3.05) is 6.54 Å². The highest BCUT2D eigenvalue weighted by molar-refractivity contribution is 5.35. The van der Waals surface area contributed by atoms with E-state index in [0.29, 0.717) is 12.1 Å². The summed E-state index contributed by atoms with van der Waals surface area (Å²) in [4.78, 5) is 0. The first-order valence-corrected chi connectivity index (χ1v) is 5.05. The number of halogens is 6. The summed E-state index contributed by atoms with van der Waals surface area (Å²) in [6, 6.07) is 1.51. The van der Waals surface area contributed by atoms with E-state index in [2.05, 4.69) is 0 Å². The van der Waals surface area contributed by atoms with E-state index in [9.17, 15) is 26.3 Å². The van der Waals surface area contributed by atoms with Crippen LogP contribution in [0, 0.1) is 0 Å². The molecule has 7 heteroatoms. The summed E-state index contributed by atoms with van der Waals surface area (Å²) in [5, 5.41) is 0. The zero-order chi connectivity index (χ0) is 14.1. The van der Waals surface area contributed by atoms with E-state index in [4.69, 9.17) is 5.73 Å². The molecule has 0 radical (unpaired) electrons. The predicted octanol–water partition coefficient (Wildman–Crippen LogP) is 3.79. The SMILES string of the molecule is C[C@@H](CN)c1cc(C(F)(F)F)cc(C(F)(F)F)c1. The first-order chi connectivity index (χ1) is 8.05. The van der Waals surface area contributed by atoms with E-state index in [1.54, 1.807) is 0 Å². The van der Waals surface area contributed by atoms with Crippen molar-refractivity contribution >= 4 is 0 Å². The number of rotatable bonds is 2. The Hall–Kier alpha value is -1.24. The van der Waals surface area contributed by atoms with Gasteiger partial charge in [-0.1, -0.05) is 6.92 Å². The molecule has 0 spiro atoms. The van der Waals surface area contributed by atoms with Crippen LogP contribution in [0.4, 0.5) is 26.3 Å². The van der Waals surface area contributed by atoms with Gasteiger partial charge in [0, 0.05) is 0 Å². The minimum atomic E-state index is -4.82. The zero-order valence-corrected chi connectivity index (χ0v) is 9.36. The first kappa shape index (κ1) is 14.8. The summed E-state index contributed by atoms with van der Waals surface area (Å²) >= 11 is 0. The van der Waals surface area contributed by atoms with Gasteiger partial charge in [-0.2, -0.15) is 26.3 Å². The van der Waals surface area contributed by atoms with Crippen LogP contribution in [-0.4, -0.2) is 6.54 Å². The molecule has 1 rings (SSSR count). The zero-order valence-electron chi connectivity index (χ0n) is 9.36. The Morgan fingerprint density at radius 2 is 1.33 bits per heavy atom. The van der Waals surface area contributed by atoms with Crippen molar-refractivity contribution in [2.24, 2.45) is 5.73 Å². The lowest BCUT2D eigenvalue weighted by atomic mass is 9.96. The van der Waals surface area contributed by atoms with Gasteiger partial charge in [0.05, 0.1) is 11.1 Å². The number of benzene rings is 1. The highest BCUT2D eigenvalue weighted by Crippen LogP contribution is 2.37. The lowest BCUT2D eigenvalue weighted by Gasteiger charge is -2.16. The maximum atomic E-state index is 12.5. The molecule has 0 saturated heterocycles. The predicted molar refractivity (Wildman–Crippen MR) is 53.9 cm³/mol. The number of hydrogen-bond acceptors (Lipinski definition) is 1. The second kappa shape index (κ2) is 4.79. The van der Waals surface area contributed by atoms with Crippen LogP contribution < -0.4 is 5.73 Å². The molecule has 1 atom stereocenters. The average molecular weight is 271 g/mol. The topological polar surface area (TPSA) is 26.0 Å². The van der Waals surface area contributed by atoms with Crippen molar-refractivity contribution in [1.29, 1.82) is 0 Å². The lowest BCUT2D eigenvalue weighted by Crippen LogP contribution is -2.15. The maximum Gasteiger partial charge on any atom is 0.416 e. The molecule has 0 aliphatic carbocycles. The summed E-state index contributed by atoms with van der Waals surface area (Å²) in [7, 11) is 0. The van der Waals surface area contributed by atoms with Crippen LogP contribution in [0.3, 0.4) is 0 Å². The van der Waals surface area contributed by atoms with E-state index in [1.165, 1.54) is 6.92 Å². The number of alkyl halides is 6. The van der Waals surface area contributed by atoms with Crippen molar-refractivity contribution < 1.29 is 26.3 Å². The van der Waals surface area contributed by atoms with Crippen LogP contribution in [0.1, 0.15) is 29.5 Å². The first-order valence-electron chi connectivity index (χ1n) is 5.05. The summed E-state index contributed by atoms with van der Waals surface area (Å²) < 4.78 is 75.0. The highest BCUT2D eigenvalue weighted by atomic mass is 19.4. The van der Waals surface area contributed by atoms with Gasteiger partial charge in [0.15, 0.2) is 0 Å². The molecule has 1 aromatic rings. The van der Waals surface area contributed by atoms with E-state index in [-0.39, 0.29) is 18.2 Å². The Balaban J connectivity index is 3.39. The van der Waals surface area contributed by atoms with Gasteiger partial charge in [-0.15, -0.1) is 0 Å². The van der Waals surface area contributed by atoms with Crippen LogP contribution in [-0.2, 0) is 12.4 Å². The molecular formula is C11H11F6N. The molecule has 0 heterocycles. The Morgan fingerprint density at radius 1 is 0.944 bits per heavy atom. The quantitative estimate of drug-likeness (QED) is 0.814. The van der Waals surface area contributed by atoms with Crippen molar-refractivity contribution in [3.8, 4) is 0 Å². The van der Waals surface area contributed by atoms with E-state index >= 15 is 0 Å². The Kier molecular flexibility index (Phi) is 3.95. The molecule has 102 valence electrons. The largest absolute Gasteiger partial charge is 0.416 e. The van der Waals surface area contributed by atoms with Crippen molar-refractivity contribution in [1.82, 2.24) is 0 Å². The molecule has 1 nitrogen and oxygen atoms in total. The highest BCUT2D eigenvalue weighted by Gasteiger charge is 2.37. The third-order valence-electron chi connectivity index (χ3n) is 2.53. The Morgan fingerprint density at radius 3 is 1.61 bits per heavy atom. The van der Waals surface area contributed by atoms with Crippen LogP contribution >= 0.6 is 0 Å². The van der Waals surface area contributed by atoms with Gasteiger partial charge in [0.2, 0.25) is 0 Å². The van der Waals surface area contributed by atoms with Crippen LogP contribution in [0.15, 0.2) is 18.2 Å². The van der Waals surface area contributed by atoms with Crippen LogP contribution in [0.25, 0.3) is 0 Å². The lowest BCUT2D eigenvalue weighted by molar-refractivity contribution is -0.143. The normalized spacial score (nSPS) is 14.7. The molecule has 0 saturated carbocycles. The van der Waals surface area contributed by atoms with E-state index in [1.807, 2.05) is 0 Å². The molecule has 18 heavy (non-hydrogen) atoms. The second-order valence-corrected chi connectivity index (χ2v) is 3.98. The molecule has 2 N–H and O–H groups in total. The molecule has 0 unspecified atom stereocenters. The molecule has 0 bridgehead atoms. The van der Waals surface area contributed by atoms with Crippen molar-refractivity contribution in [2.45, 2.75) is 25.2 Å². The summed E-state index contributed by atoms with van der Waals surface area (Å²) in [5.41, 5.74) is 2.57. The van der Waals surface area contributed by atoms with Crippen LogP contribution in [0.2, 0.25) is 0 Å². The van der Waals surface area contributed by atoms with Crippen molar-refractivity contribution in [3.63, 3.8) is 0 Å². The Labute approximate surface area is 99.6 Å². The molecule has 0 aromatic heterocycles. The van der Waals surface area contributed by atoms with Gasteiger partial charge in [-0.3, -0.25) is 0 Å². The number of nitrogens with two attached hydrogens (primary N) is 1. The fourth-order valence-electron chi connectivity index (χ4n) is 1.40. The van der Waals surface area contributed by atoms with Gasteiger partial charge in [-0.05, 0) is 36.2 Å². The fraction of sp³-hybridized carbons (Fsp3) is 0.455. The molecule has 0 fully saturated rings. The summed E-state index contributed by atoms with van der Waals surface area (Å²) in [6.07, 6.45) is -9.63. The number of hydrogen-bond donors (Lipinski definition) is 1. The minimum absolute atomic E-state index is 0.0292. The van der Waals surface area contributed by atoms with E-state index < -0.39 is 29.4 Å². The molecular weight excluding hydrogens is 260 g/mol. The Bertz CT molecular complexity index is 388. The molecule has 0 aliphatic rings. The third-order valence-corrected chi connectivity index (χ3v) is 2.53. The van der Waals surface area contributed by atoms with Gasteiger partial charge >= 0.3 is 12.4 Å². The average Bonchev–Trinajstić information content (AvgIpc) is 2.25. The summed E-state index contributed by atoms with van der Waals surface area (Å²) in [5.74, 6) is -0.576. The fourth-order valence-corrected chi connectivity index (χ4v) is 1.40. The smallest absolute Gasteiger partial charge is 0.330 e. The van der Waals surface area contributed by atoms with Gasteiger partial charge < -0.3 is 5.73 Å². The summed E-state index contributed by atoms with van der Waals surface area (Å²) in [6.45, 7) is 1.44. The van der Waals surface area contributed by atoms with Gasteiger partial charge in [0.25, 0.3) is 0 Å². The monoisotopic (exact) mass is 271 g/mol. The van der Waals surface area contributed by atoms with Gasteiger partial charge in [-0.25, -0.2) is 0 Å². The molecule has 1 aromatic carbocycles. The molecule has 0 amide bonds. The maximum absolute atomic E-state index is 12.5. The molecule has 0 aliphatic heterocycles. The minimum Gasteiger partial charge on any atom is -0.330 e. The van der Waals surface area contributed by atoms with Crippen molar-refractivity contribution in [3.05, 3.63) is 34.9 Å². The van der Waals surface area contributed by atoms with Gasteiger partial charge in [0.1, 0.15) is 0 Å². The second-order valence-electron chi connectivity index (χ2n) is 3.98. The van der Waals surface area contributed by atoms with Crippen LogP contribution in [0.5, 0.6) is 0 Å². The van der Waals surface area contributed by atoms with E-state index in [0.717, 1.165) is 0 Å².